The summed E-state index contributed by atoms with van der Waals surface area (Å²) in [6.07, 6.45) is 10.9. The summed E-state index contributed by atoms with van der Waals surface area (Å²) in [5, 5.41) is 11.0. The SMILES string of the molecule is C[C@@]1(O)CC[C@H]2[C@H](CC[C@H]3C4CC[C@H](C(=O)CBr)[C@@]4(C)CC[C@H]23)C1. The molecule has 136 valence electrons. The quantitative estimate of drug-likeness (QED) is 0.668. The molecule has 1 N–H and O–H groups in total. The molecule has 0 bridgehead atoms. The van der Waals surface area contributed by atoms with Gasteiger partial charge in [-0.15, -0.1) is 0 Å². The molecular weight excluding hydrogens is 364 g/mol. The van der Waals surface area contributed by atoms with Crippen LogP contribution in [0, 0.1) is 40.9 Å². The number of fused-ring (bicyclic) bond motifs is 5. The fourth-order valence-corrected chi connectivity index (χ4v) is 8.09. The van der Waals surface area contributed by atoms with E-state index in [9.17, 15) is 9.90 Å². The van der Waals surface area contributed by atoms with Crippen molar-refractivity contribution in [2.45, 2.75) is 77.2 Å². The molecule has 24 heavy (non-hydrogen) atoms. The maximum Gasteiger partial charge on any atom is 0.147 e. The van der Waals surface area contributed by atoms with E-state index in [4.69, 9.17) is 0 Å². The third kappa shape index (κ3) is 2.64. The molecule has 0 spiro atoms. The Kier molecular flexibility index (Phi) is 4.44. The molecule has 0 amide bonds. The molecule has 0 radical (unpaired) electrons. The molecule has 4 aliphatic carbocycles. The average Bonchev–Trinajstić information content (AvgIpc) is 2.90. The first kappa shape index (κ1) is 17.5. The number of aliphatic hydroxyl groups is 1. The van der Waals surface area contributed by atoms with Crippen molar-refractivity contribution in [2.75, 3.05) is 5.33 Å². The minimum absolute atomic E-state index is 0.263. The number of carbonyl (C=O) groups excluding carboxylic acids is 1. The summed E-state index contributed by atoms with van der Waals surface area (Å²) in [4.78, 5) is 12.5. The second-order valence-electron chi connectivity index (χ2n) is 9.95. The normalized spacial score (nSPS) is 53.8. The van der Waals surface area contributed by atoms with Crippen molar-refractivity contribution in [1.29, 1.82) is 0 Å². The minimum Gasteiger partial charge on any atom is -0.390 e. The van der Waals surface area contributed by atoms with Crippen LogP contribution in [0.4, 0.5) is 0 Å². The summed E-state index contributed by atoms with van der Waals surface area (Å²) in [5.41, 5.74) is -0.156. The van der Waals surface area contributed by atoms with Gasteiger partial charge >= 0.3 is 0 Å². The first-order chi connectivity index (χ1) is 11.4. The topological polar surface area (TPSA) is 37.3 Å². The molecule has 8 atom stereocenters. The number of hydrogen-bond donors (Lipinski definition) is 1. The molecule has 4 aliphatic rings. The van der Waals surface area contributed by atoms with Gasteiger partial charge in [-0.25, -0.2) is 0 Å². The number of alkyl halides is 1. The zero-order chi connectivity index (χ0) is 17.1. The molecule has 0 heterocycles. The molecule has 0 aromatic rings. The summed E-state index contributed by atoms with van der Waals surface area (Å²) in [5.74, 6) is 4.83. The van der Waals surface area contributed by atoms with Crippen molar-refractivity contribution >= 4 is 21.7 Å². The van der Waals surface area contributed by atoms with Gasteiger partial charge in [-0.3, -0.25) is 4.79 Å². The van der Waals surface area contributed by atoms with Crippen LogP contribution in [-0.4, -0.2) is 21.8 Å². The van der Waals surface area contributed by atoms with Gasteiger partial charge < -0.3 is 5.11 Å². The monoisotopic (exact) mass is 396 g/mol. The molecule has 0 saturated heterocycles. The first-order valence-corrected chi connectivity index (χ1v) is 11.3. The second kappa shape index (κ2) is 6.08. The van der Waals surface area contributed by atoms with Crippen molar-refractivity contribution in [2.24, 2.45) is 40.9 Å². The molecule has 1 unspecified atom stereocenters. The minimum atomic E-state index is -0.419. The van der Waals surface area contributed by atoms with Crippen LogP contribution in [0.2, 0.25) is 0 Å². The van der Waals surface area contributed by atoms with Crippen LogP contribution in [0.3, 0.4) is 0 Å². The van der Waals surface area contributed by atoms with Crippen molar-refractivity contribution < 1.29 is 9.90 Å². The maximum absolute atomic E-state index is 12.5. The molecule has 4 rings (SSSR count). The molecule has 4 saturated carbocycles. The van der Waals surface area contributed by atoms with Crippen LogP contribution in [-0.2, 0) is 4.79 Å². The fourth-order valence-electron chi connectivity index (χ4n) is 7.70. The highest BCUT2D eigenvalue weighted by Gasteiger charge is 2.58. The Morgan fingerprint density at radius 1 is 1.00 bits per heavy atom. The summed E-state index contributed by atoms with van der Waals surface area (Å²) in [6, 6.07) is 0. The van der Waals surface area contributed by atoms with E-state index in [0.717, 1.165) is 48.9 Å². The number of hydrogen-bond acceptors (Lipinski definition) is 2. The van der Waals surface area contributed by atoms with E-state index in [2.05, 4.69) is 22.9 Å². The summed E-state index contributed by atoms with van der Waals surface area (Å²) in [6.45, 7) is 4.48. The Labute approximate surface area is 155 Å². The molecule has 0 aromatic carbocycles. The zero-order valence-corrected chi connectivity index (χ0v) is 16.9. The smallest absolute Gasteiger partial charge is 0.147 e. The van der Waals surface area contributed by atoms with E-state index < -0.39 is 5.60 Å². The van der Waals surface area contributed by atoms with Gasteiger partial charge in [0.25, 0.3) is 0 Å². The predicted octanol–water partition coefficient (Wildman–Crippen LogP) is 4.97. The Morgan fingerprint density at radius 2 is 1.75 bits per heavy atom. The van der Waals surface area contributed by atoms with Crippen LogP contribution in [0.15, 0.2) is 0 Å². The molecule has 0 aromatic heterocycles. The number of rotatable bonds is 2. The number of ketones is 1. The molecule has 0 aliphatic heterocycles. The van der Waals surface area contributed by atoms with Gasteiger partial charge in [0.2, 0.25) is 0 Å². The van der Waals surface area contributed by atoms with Gasteiger partial charge in [-0.1, -0.05) is 22.9 Å². The van der Waals surface area contributed by atoms with E-state index in [1.807, 2.05) is 6.92 Å². The van der Waals surface area contributed by atoms with E-state index in [1.54, 1.807) is 0 Å². The van der Waals surface area contributed by atoms with E-state index in [1.165, 1.54) is 38.5 Å². The third-order valence-corrected chi connectivity index (χ3v) is 9.31. The Balaban J connectivity index is 1.54. The lowest BCUT2D eigenvalue weighted by Crippen LogP contribution is -2.51. The van der Waals surface area contributed by atoms with Crippen LogP contribution in [0.25, 0.3) is 0 Å². The highest BCUT2D eigenvalue weighted by atomic mass is 79.9. The van der Waals surface area contributed by atoms with Gasteiger partial charge in [-0.05, 0) is 99.7 Å². The standard InChI is InChI=1S/C21H33BrO2/c1-20(24)9-7-14-13(11-20)3-4-16-15(14)8-10-21(2)17(16)5-6-18(21)19(23)12-22/h13-18,24H,3-12H2,1-2H3/t13-,14+,15-,16-,17?,18-,20-,21+/m1/s1. The number of Topliss-reactive ketones (excluding diaryl/α,β-unsaturated/α-hetero) is 1. The van der Waals surface area contributed by atoms with E-state index in [-0.39, 0.29) is 5.41 Å². The number of carbonyl (C=O) groups is 1. The van der Waals surface area contributed by atoms with E-state index in [0.29, 0.717) is 17.0 Å². The van der Waals surface area contributed by atoms with Gasteiger partial charge in [0, 0.05) is 5.92 Å². The van der Waals surface area contributed by atoms with Gasteiger partial charge in [0.1, 0.15) is 5.78 Å². The van der Waals surface area contributed by atoms with Gasteiger partial charge in [-0.2, -0.15) is 0 Å². The molecule has 3 heteroatoms. The predicted molar refractivity (Wildman–Crippen MR) is 100 cm³/mol. The van der Waals surface area contributed by atoms with Crippen molar-refractivity contribution in [3.8, 4) is 0 Å². The third-order valence-electron chi connectivity index (χ3n) is 8.76. The van der Waals surface area contributed by atoms with Gasteiger partial charge in [0.05, 0.1) is 10.9 Å². The largest absolute Gasteiger partial charge is 0.390 e. The zero-order valence-electron chi connectivity index (χ0n) is 15.3. The van der Waals surface area contributed by atoms with Crippen LogP contribution < -0.4 is 0 Å². The fraction of sp³-hybridized carbons (Fsp3) is 0.952. The van der Waals surface area contributed by atoms with Crippen LogP contribution in [0.1, 0.15) is 71.6 Å². The highest BCUT2D eigenvalue weighted by molar-refractivity contribution is 9.09. The average molecular weight is 397 g/mol. The van der Waals surface area contributed by atoms with Crippen LogP contribution in [0.5, 0.6) is 0 Å². The first-order valence-electron chi connectivity index (χ1n) is 10.2. The highest BCUT2D eigenvalue weighted by Crippen LogP contribution is 2.64. The Hall–Kier alpha value is 0.110. The molecule has 4 fully saturated rings. The number of halogens is 1. The maximum atomic E-state index is 12.5. The second-order valence-corrected chi connectivity index (χ2v) is 10.5. The van der Waals surface area contributed by atoms with Crippen LogP contribution >= 0.6 is 15.9 Å². The molecule has 2 nitrogen and oxygen atoms in total. The van der Waals surface area contributed by atoms with Crippen molar-refractivity contribution in [1.82, 2.24) is 0 Å². The summed E-state index contributed by atoms with van der Waals surface area (Å²) >= 11 is 3.42. The lowest BCUT2D eigenvalue weighted by Gasteiger charge is -2.56. The lowest BCUT2D eigenvalue weighted by molar-refractivity contribution is -0.129. The Morgan fingerprint density at radius 3 is 2.50 bits per heavy atom. The lowest BCUT2D eigenvalue weighted by atomic mass is 9.49. The summed E-state index contributed by atoms with van der Waals surface area (Å²) in [7, 11) is 0. The van der Waals surface area contributed by atoms with E-state index >= 15 is 0 Å². The van der Waals surface area contributed by atoms with Crippen molar-refractivity contribution in [3.63, 3.8) is 0 Å². The Bertz CT molecular complexity index is 516. The van der Waals surface area contributed by atoms with Crippen molar-refractivity contribution in [3.05, 3.63) is 0 Å². The molecular formula is C21H33BrO2. The van der Waals surface area contributed by atoms with Gasteiger partial charge in [0.15, 0.2) is 0 Å². The summed E-state index contributed by atoms with van der Waals surface area (Å²) < 4.78 is 0.